The van der Waals surface area contributed by atoms with Gasteiger partial charge in [-0.2, -0.15) is 8.42 Å². The topological polar surface area (TPSA) is 72.8 Å². The van der Waals surface area contributed by atoms with Crippen LogP contribution in [0.3, 0.4) is 0 Å². The molecule has 0 radical (unpaired) electrons. The molecule has 0 aromatic heterocycles. The van der Waals surface area contributed by atoms with Crippen LogP contribution in [0.15, 0.2) is 30.3 Å². The van der Waals surface area contributed by atoms with Gasteiger partial charge in [-0.15, -0.1) is 0 Å². The summed E-state index contributed by atoms with van der Waals surface area (Å²) in [7, 11) is -3.67. The minimum absolute atomic E-state index is 0.132. The quantitative estimate of drug-likeness (QED) is 0.674. The van der Waals surface area contributed by atoms with Crippen LogP contribution in [0.4, 0.5) is 0 Å². The van der Waals surface area contributed by atoms with Gasteiger partial charge in [0.2, 0.25) is 0 Å². The molecule has 5 nitrogen and oxygen atoms in total. The fourth-order valence-electron chi connectivity index (χ4n) is 3.43. The molecule has 0 spiro atoms. The predicted octanol–water partition coefficient (Wildman–Crippen LogP) is 5.19. The summed E-state index contributed by atoms with van der Waals surface area (Å²) in [6.45, 7) is 10.9. The van der Waals surface area contributed by atoms with Gasteiger partial charge in [-0.1, -0.05) is 37.3 Å². The summed E-state index contributed by atoms with van der Waals surface area (Å²) in [6, 6.07) is 10.3. The van der Waals surface area contributed by atoms with Crippen molar-refractivity contribution in [2.45, 2.75) is 66.6 Å². The zero-order valence-electron chi connectivity index (χ0n) is 18.0. The number of hydrogen-bond donors (Lipinski definition) is 1. The monoisotopic (exact) mass is 420 g/mol. The molecule has 29 heavy (non-hydrogen) atoms. The van der Waals surface area contributed by atoms with Gasteiger partial charge in [-0.25, -0.2) is 0 Å². The Bertz CT molecular complexity index is 920. The van der Waals surface area contributed by atoms with Gasteiger partial charge < -0.3 is 9.47 Å². The van der Waals surface area contributed by atoms with Crippen LogP contribution in [0.1, 0.15) is 54.5 Å². The summed E-state index contributed by atoms with van der Waals surface area (Å²) >= 11 is 0. The molecule has 0 bridgehead atoms. The van der Waals surface area contributed by atoms with Gasteiger partial charge in [0.05, 0.1) is 11.9 Å². The summed E-state index contributed by atoms with van der Waals surface area (Å²) in [4.78, 5) is 0. The fraction of sp³-hybridized carbons (Fsp3) is 0.478. The Kier molecular flexibility index (Phi) is 8.11. The summed E-state index contributed by atoms with van der Waals surface area (Å²) in [5.74, 6) is 1.98. The van der Waals surface area contributed by atoms with Crippen molar-refractivity contribution in [3.63, 3.8) is 0 Å². The molecule has 1 atom stereocenters. The molecule has 3 rings (SSSR count). The van der Waals surface area contributed by atoms with Gasteiger partial charge in [0.1, 0.15) is 18.1 Å². The van der Waals surface area contributed by atoms with Crippen LogP contribution < -0.4 is 9.47 Å². The van der Waals surface area contributed by atoms with Crippen molar-refractivity contribution >= 4 is 10.1 Å². The Labute approximate surface area is 174 Å². The highest BCUT2D eigenvalue weighted by atomic mass is 32.2. The van der Waals surface area contributed by atoms with Crippen LogP contribution in [0.5, 0.6) is 11.5 Å². The van der Waals surface area contributed by atoms with Crippen molar-refractivity contribution in [3.8, 4) is 11.5 Å². The second-order valence-corrected chi connectivity index (χ2v) is 9.11. The Morgan fingerprint density at radius 2 is 1.76 bits per heavy atom. The lowest BCUT2D eigenvalue weighted by atomic mass is 9.92. The zero-order chi connectivity index (χ0) is 21.6. The summed E-state index contributed by atoms with van der Waals surface area (Å²) in [5.41, 5.74) is 6.17. The van der Waals surface area contributed by atoms with E-state index in [1.165, 1.54) is 27.8 Å². The van der Waals surface area contributed by atoms with E-state index in [1.807, 2.05) is 18.2 Å². The lowest BCUT2D eigenvalue weighted by molar-refractivity contribution is 0.189. The maximum absolute atomic E-state index is 9.79. The minimum Gasteiger partial charge on any atom is -0.490 e. The first-order valence-electron chi connectivity index (χ1n) is 10.0. The average Bonchev–Trinajstić information content (AvgIpc) is 2.66. The molecule has 0 unspecified atom stereocenters. The van der Waals surface area contributed by atoms with E-state index in [9.17, 15) is 8.42 Å². The molecule has 0 saturated heterocycles. The van der Waals surface area contributed by atoms with Gasteiger partial charge in [0, 0.05) is 5.56 Å². The molecule has 160 valence electrons. The molecule has 2 aromatic carbocycles. The molecular weight excluding hydrogens is 388 g/mol. The number of benzene rings is 2. The van der Waals surface area contributed by atoms with Crippen LogP contribution in [0.2, 0.25) is 0 Å². The van der Waals surface area contributed by atoms with Gasteiger partial charge >= 0.3 is 0 Å². The lowest BCUT2D eigenvalue weighted by Crippen LogP contribution is -2.21. The van der Waals surface area contributed by atoms with Crippen LogP contribution in [-0.4, -0.2) is 24.8 Å². The Hall–Kier alpha value is -2.05. The predicted molar refractivity (Wildman–Crippen MR) is 117 cm³/mol. The molecule has 0 aliphatic carbocycles. The maximum Gasteiger partial charge on any atom is 0.264 e. The van der Waals surface area contributed by atoms with E-state index in [0.29, 0.717) is 19.1 Å². The Balaban J connectivity index is 0.000000370. The second kappa shape index (κ2) is 10.1. The van der Waals surface area contributed by atoms with E-state index < -0.39 is 10.1 Å². The molecule has 0 fully saturated rings. The maximum atomic E-state index is 9.79. The average molecular weight is 421 g/mol. The van der Waals surface area contributed by atoms with Crippen molar-refractivity contribution in [2.75, 3.05) is 5.75 Å². The van der Waals surface area contributed by atoms with E-state index >= 15 is 0 Å². The lowest BCUT2D eigenvalue weighted by Gasteiger charge is -2.29. The first-order chi connectivity index (χ1) is 13.6. The van der Waals surface area contributed by atoms with Gasteiger partial charge in [-0.3, -0.25) is 4.55 Å². The number of ether oxygens (including phenoxy) is 2. The fourth-order valence-corrected chi connectivity index (χ4v) is 3.94. The first-order valence-corrected chi connectivity index (χ1v) is 11.7. The molecule has 1 heterocycles. The number of rotatable bonds is 5. The Morgan fingerprint density at radius 3 is 2.31 bits per heavy atom. The van der Waals surface area contributed by atoms with E-state index in [0.717, 1.165) is 24.3 Å². The van der Waals surface area contributed by atoms with Crippen LogP contribution in [0.25, 0.3) is 0 Å². The summed E-state index contributed by atoms with van der Waals surface area (Å²) in [5, 5.41) is 0. The third kappa shape index (κ3) is 6.47. The van der Waals surface area contributed by atoms with Gasteiger partial charge in [0.25, 0.3) is 10.1 Å². The third-order valence-electron chi connectivity index (χ3n) is 5.12. The molecule has 0 saturated carbocycles. The van der Waals surface area contributed by atoms with E-state index in [4.69, 9.17) is 14.0 Å². The van der Waals surface area contributed by atoms with Crippen molar-refractivity contribution in [1.29, 1.82) is 0 Å². The summed E-state index contributed by atoms with van der Waals surface area (Å²) in [6.07, 6.45) is 2.93. The van der Waals surface area contributed by atoms with Crippen molar-refractivity contribution in [2.24, 2.45) is 0 Å². The highest BCUT2D eigenvalue weighted by Gasteiger charge is 2.24. The highest BCUT2D eigenvalue weighted by Crippen LogP contribution is 2.41. The molecule has 0 amide bonds. The normalized spacial score (nSPS) is 15.6. The largest absolute Gasteiger partial charge is 0.490 e. The molecule has 1 N–H and O–H groups in total. The molecule has 1 aliphatic heterocycles. The molecule has 1 aliphatic rings. The number of hydrogen-bond acceptors (Lipinski definition) is 4. The van der Waals surface area contributed by atoms with Gasteiger partial charge in [0.15, 0.2) is 0 Å². The van der Waals surface area contributed by atoms with Crippen molar-refractivity contribution in [1.82, 2.24) is 0 Å². The smallest absolute Gasteiger partial charge is 0.264 e. The van der Waals surface area contributed by atoms with Crippen LogP contribution in [0, 0.1) is 20.8 Å². The van der Waals surface area contributed by atoms with E-state index in [-0.39, 0.29) is 5.75 Å². The van der Waals surface area contributed by atoms with Crippen molar-refractivity contribution in [3.05, 3.63) is 58.1 Å². The molecular formula is C23H32O5S. The van der Waals surface area contributed by atoms with Crippen molar-refractivity contribution < 1.29 is 22.4 Å². The third-order valence-corrected chi connectivity index (χ3v) is 6.04. The number of fused-ring (bicyclic) bond motifs is 1. The Morgan fingerprint density at radius 1 is 1.10 bits per heavy atom. The van der Waals surface area contributed by atoms with Gasteiger partial charge in [-0.05, 0) is 69.2 Å². The first kappa shape index (κ1) is 23.2. The van der Waals surface area contributed by atoms with E-state index in [1.54, 1.807) is 6.92 Å². The molecule has 6 heteroatoms. The van der Waals surface area contributed by atoms with Crippen LogP contribution in [-0.2, 0) is 23.1 Å². The second-order valence-electron chi connectivity index (χ2n) is 7.54. The minimum atomic E-state index is -3.67. The molecule has 2 aromatic rings. The highest BCUT2D eigenvalue weighted by molar-refractivity contribution is 7.85. The van der Waals surface area contributed by atoms with E-state index in [2.05, 4.69) is 39.8 Å². The van der Waals surface area contributed by atoms with Crippen LogP contribution >= 0.6 is 0 Å². The standard InChI is InChI=1S/C20H24O2.C3H8O3S/c1-13-10-11-18-16(4)19(14(2)15(3)20(18)22-13)21-12-17-8-6-5-7-9-17;1-2-3-7(4,5)6/h5-9,13H,10-12H2,1-4H3;2-3H2,1H3,(H,4,5,6)/t13-;/m0./s1. The summed E-state index contributed by atoms with van der Waals surface area (Å²) < 4.78 is 39.8. The SMILES string of the molecule is CCCS(=O)(=O)O.Cc1c(C)c2c(c(C)c1OCc1ccccc1)CC[C@H](C)O2. The zero-order valence-corrected chi connectivity index (χ0v) is 18.8.